The maximum Gasteiger partial charge on any atom is 0.159 e. The van der Waals surface area contributed by atoms with Crippen LogP contribution in [0, 0.1) is 6.92 Å². The molecule has 1 aliphatic heterocycles. The first-order valence-electron chi connectivity index (χ1n) is 8.87. The van der Waals surface area contributed by atoms with Gasteiger partial charge in [-0.2, -0.15) is 0 Å². The third-order valence-electron chi connectivity index (χ3n) is 4.80. The average molecular weight is 392 g/mol. The van der Waals surface area contributed by atoms with Gasteiger partial charge in [-0.1, -0.05) is 29.3 Å². The fourth-order valence-corrected chi connectivity index (χ4v) is 3.58. The van der Waals surface area contributed by atoms with Gasteiger partial charge < -0.3 is 4.74 Å². The van der Waals surface area contributed by atoms with Gasteiger partial charge in [0.2, 0.25) is 0 Å². The van der Waals surface area contributed by atoms with E-state index in [9.17, 15) is 4.79 Å². The number of hydrogen-bond donors (Lipinski definition) is 0. The van der Waals surface area contributed by atoms with Gasteiger partial charge in [0, 0.05) is 25.2 Å². The molecule has 0 radical (unpaired) electrons. The van der Waals surface area contributed by atoms with Crippen molar-refractivity contribution < 1.29 is 9.53 Å². The summed E-state index contributed by atoms with van der Waals surface area (Å²) in [7, 11) is 0. The Morgan fingerprint density at radius 3 is 2.46 bits per heavy atom. The molecule has 0 amide bonds. The maximum atomic E-state index is 11.5. The third-order valence-corrected chi connectivity index (χ3v) is 5.54. The molecule has 1 fully saturated rings. The number of likely N-dealkylation sites (tertiary alicyclic amines) is 1. The molecule has 0 saturated carbocycles. The second kappa shape index (κ2) is 8.43. The number of carbonyl (C=O) groups is 1. The highest BCUT2D eigenvalue weighted by Gasteiger charge is 2.21. The monoisotopic (exact) mass is 391 g/mol. The molecule has 138 valence electrons. The number of ether oxygens (including phenoxy) is 1. The minimum atomic E-state index is 0.0789. The molecule has 1 saturated heterocycles. The fourth-order valence-electron chi connectivity index (χ4n) is 3.26. The first-order valence-corrected chi connectivity index (χ1v) is 9.62. The van der Waals surface area contributed by atoms with Crippen molar-refractivity contribution in [3.8, 4) is 5.75 Å². The quantitative estimate of drug-likeness (QED) is 0.625. The molecule has 0 N–H and O–H groups in total. The number of rotatable bonds is 5. The largest absolute Gasteiger partial charge is 0.490 e. The van der Waals surface area contributed by atoms with Crippen molar-refractivity contribution in [1.29, 1.82) is 0 Å². The molecule has 0 aliphatic carbocycles. The van der Waals surface area contributed by atoms with Gasteiger partial charge in [-0.05, 0) is 68.1 Å². The Morgan fingerprint density at radius 2 is 1.85 bits per heavy atom. The van der Waals surface area contributed by atoms with E-state index in [4.69, 9.17) is 27.9 Å². The summed E-state index contributed by atoms with van der Waals surface area (Å²) < 4.78 is 6.18. The van der Waals surface area contributed by atoms with Crippen LogP contribution in [0.2, 0.25) is 10.0 Å². The van der Waals surface area contributed by atoms with Gasteiger partial charge in [-0.25, -0.2) is 0 Å². The first-order chi connectivity index (χ1) is 12.4. The first kappa shape index (κ1) is 19.2. The van der Waals surface area contributed by atoms with Crippen molar-refractivity contribution in [3.63, 3.8) is 0 Å². The Kier molecular flexibility index (Phi) is 6.23. The van der Waals surface area contributed by atoms with Crippen LogP contribution in [0.4, 0.5) is 0 Å². The highest BCUT2D eigenvalue weighted by Crippen LogP contribution is 2.26. The van der Waals surface area contributed by atoms with Crippen molar-refractivity contribution in [2.75, 3.05) is 13.1 Å². The van der Waals surface area contributed by atoms with E-state index in [-0.39, 0.29) is 11.9 Å². The predicted octanol–water partition coefficient (Wildman–Crippen LogP) is 5.55. The van der Waals surface area contributed by atoms with Crippen LogP contribution >= 0.6 is 23.2 Å². The summed E-state index contributed by atoms with van der Waals surface area (Å²) in [6, 6.07) is 11.5. The number of ketones is 1. The lowest BCUT2D eigenvalue weighted by Crippen LogP contribution is -2.37. The molecular formula is C21H23Cl2NO2. The average Bonchev–Trinajstić information content (AvgIpc) is 2.61. The fraction of sp³-hybridized carbons (Fsp3) is 0.381. The summed E-state index contributed by atoms with van der Waals surface area (Å²) >= 11 is 12.1. The second-order valence-corrected chi connectivity index (χ2v) is 7.69. The molecule has 3 rings (SSSR count). The number of nitrogens with zero attached hydrogens (tertiary/aromatic N) is 1. The molecule has 2 aromatic carbocycles. The van der Waals surface area contributed by atoms with Crippen LogP contribution in [0.3, 0.4) is 0 Å². The summed E-state index contributed by atoms with van der Waals surface area (Å²) in [5.41, 5.74) is 2.91. The summed E-state index contributed by atoms with van der Waals surface area (Å²) in [5, 5.41) is 1.19. The zero-order valence-electron chi connectivity index (χ0n) is 15.1. The summed E-state index contributed by atoms with van der Waals surface area (Å²) in [5.74, 6) is 0.952. The van der Waals surface area contributed by atoms with Gasteiger partial charge in [-0.15, -0.1) is 0 Å². The van der Waals surface area contributed by atoms with E-state index in [0.717, 1.165) is 49.4 Å². The van der Waals surface area contributed by atoms with E-state index < -0.39 is 0 Å². The molecular weight excluding hydrogens is 369 g/mol. The van der Waals surface area contributed by atoms with Gasteiger partial charge in [0.05, 0.1) is 10.0 Å². The lowest BCUT2D eigenvalue weighted by atomic mass is 10.1. The van der Waals surface area contributed by atoms with Crippen molar-refractivity contribution in [3.05, 3.63) is 63.1 Å². The summed E-state index contributed by atoms with van der Waals surface area (Å²) in [6.07, 6.45) is 2.17. The zero-order chi connectivity index (χ0) is 18.7. The van der Waals surface area contributed by atoms with Gasteiger partial charge in [0.25, 0.3) is 0 Å². The van der Waals surface area contributed by atoms with E-state index in [1.54, 1.807) is 6.92 Å². The van der Waals surface area contributed by atoms with Crippen LogP contribution in [-0.2, 0) is 6.54 Å². The molecule has 5 heteroatoms. The SMILES string of the molecule is CC(=O)c1ccc(OC2CCN(Cc3ccc(Cl)c(Cl)c3)CC2)c(C)c1. The molecule has 2 aromatic rings. The Bertz CT molecular complexity index is 799. The lowest BCUT2D eigenvalue weighted by Gasteiger charge is -2.32. The molecule has 1 aliphatic rings. The third kappa shape index (κ3) is 4.79. The van der Waals surface area contributed by atoms with E-state index in [0.29, 0.717) is 10.0 Å². The Balaban J connectivity index is 1.53. The standard InChI is InChI=1S/C21H23Cl2NO2/c1-14-11-17(15(2)25)4-6-21(14)26-18-7-9-24(10-8-18)13-16-3-5-19(22)20(23)12-16/h3-6,11-12,18H,7-10,13H2,1-2H3. The molecule has 1 heterocycles. The molecule has 0 spiro atoms. The van der Waals surface area contributed by atoms with E-state index in [2.05, 4.69) is 4.90 Å². The van der Waals surface area contributed by atoms with Crippen LogP contribution < -0.4 is 4.74 Å². The van der Waals surface area contributed by atoms with Gasteiger partial charge in [0.1, 0.15) is 11.9 Å². The van der Waals surface area contributed by atoms with Crippen LogP contribution in [0.25, 0.3) is 0 Å². The molecule has 0 aromatic heterocycles. The van der Waals surface area contributed by atoms with E-state index in [1.165, 1.54) is 5.56 Å². The van der Waals surface area contributed by atoms with Gasteiger partial charge in [-0.3, -0.25) is 9.69 Å². The topological polar surface area (TPSA) is 29.5 Å². The second-order valence-electron chi connectivity index (χ2n) is 6.88. The Labute approximate surface area is 164 Å². The number of Topliss-reactive ketones (excluding diaryl/α,β-unsaturated/α-hetero) is 1. The number of benzene rings is 2. The normalized spacial score (nSPS) is 15.8. The smallest absolute Gasteiger partial charge is 0.159 e. The van der Waals surface area contributed by atoms with Crippen molar-refractivity contribution in [2.45, 2.75) is 39.3 Å². The Morgan fingerprint density at radius 1 is 1.12 bits per heavy atom. The van der Waals surface area contributed by atoms with Crippen molar-refractivity contribution in [2.24, 2.45) is 0 Å². The lowest BCUT2D eigenvalue weighted by molar-refractivity contribution is 0.0961. The maximum absolute atomic E-state index is 11.5. The van der Waals surface area contributed by atoms with Crippen molar-refractivity contribution >= 4 is 29.0 Å². The number of carbonyl (C=O) groups excluding carboxylic acids is 1. The highest BCUT2D eigenvalue weighted by molar-refractivity contribution is 6.42. The predicted molar refractivity (Wildman–Crippen MR) is 107 cm³/mol. The minimum Gasteiger partial charge on any atom is -0.490 e. The van der Waals surface area contributed by atoms with E-state index in [1.807, 2.05) is 43.3 Å². The number of halogens is 2. The molecule has 0 atom stereocenters. The highest BCUT2D eigenvalue weighted by atomic mass is 35.5. The van der Waals surface area contributed by atoms with Crippen LogP contribution in [0.5, 0.6) is 5.75 Å². The number of hydrogen-bond acceptors (Lipinski definition) is 3. The zero-order valence-corrected chi connectivity index (χ0v) is 16.6. The van der Waals surface area contributed by atoms with Crippen LogP contribution in [-0.4, -0.2) is 29.9 Å². The summed E-state index contributed by atoms with van der Waals surface area (Å²) in [6.45, 7) is 6.40. The molecule has 26 heavy (non-hydrogen) atoms. The Hall–Kier alpha value is -1.55. The molecule has 0 bridgehead atoms. The van der Waals surface area contributed by atoms with Crippen LogP contribution in [0.1, 0.15) is 41.3 Å². The summed E-state index contributed by atoms with van der Waals surface area (Å²) in [4.78, 5) is 13.9. The number of aryl methyl sites for hydroxylation is 1. The molecule has 3 nitrogen and oxygen atoms in total. The van der Waals surface area contributed by atoms with Gasteiger partial charge in [0.15, 0.2) is 5.78 Å². The minimum absolute atomic E-state index is 0.0789. The molecule has 0 unspecified atom stereocenters. The van der Waals surface area contributed by atoms with Crippen molar-refractivity contribution in [1.82, 2.24) is 4.90 Å². The number of piperidine rings is 1. The van der Waals surface area contributed by atoms with E-state index >= 15 is 0 Å². The van der Waals surface area contributed by atoms with Crippen LogP contribution in [0.15, 0.2) is 36.4 Å². The van der Waals surface area contributed by atoms with Gasteiger partial charge >= 0.3 is 0 Å².